The molecule has 0 saturated carbocycles. The second-order valence-electron chi connectivity index (χ2n) is 5.74. The Balaban J connectivity index is 1.48. The molecule has 126 valence electrons. The molecule has 4 N–H and O–H groups in total. The average Bonchev–Trinajstić information content (AvgIpc) is 2.65. The van der Waals surface area contributed by atoms with Gasteiger partial charge in [0.2, 0.25) is 5.91 Å². The zero-order valence-electron chi connectivity index (χ0n) is 13.9. The van der Waals surface area contributed by atoms with E-state index in [-0.39, 0.29) is 5.91 Å². The van der Waals surface area contributed by atoms with E-state index >= 15 is 0 Å². The van der Waals surface area contributed by atoms with Gasteiger partial charge in [0.25, 0.3) is 0 Å². The highest BCUT2D eigenvalue weighted by Crippen LogP contribution is 2.22. The summed E-state index contributed by atoms with van der Waals surface area (Å²) in [6.07, 6.45) is 3.30. The molecular formula is C21H21N3O. The third kappa shape index (κ3) is 4.61. The smallest absolute Gasteiger partial charge is 0.244 e. The monoisotopic (exact) mass is 331 g/mol. The maximum atomic E-state index is 11.9. The first-order chi connectivity index (χ1) is 12.2. The number of carbonyl (C=O) groups is 1. The molecule has 0 saturated heterocycles. The molecule has 0 fully saturated rings. The molecule has 25 heavy (non-hydrogen) atoms. The van der Waals surface area contributed by atoms with Crippen LogP contribution in [0.2, 0.25) is 0 Å². The number of hydrogen-bond donors (Lipinski definition) is 3. The molecule has 3 rings (SSSR count). The largest absolute Gasteiger partial charge is 0.399 e. The minimum Gasteiger partial charge on any atom is -0.399 e. The lowest BCUT2D eigenvalue weighted by atomic mass is 10.1. The van der Waals surface area contributed by atoms with Crippen LogP contribution in [0.4, 0.5) is 11.4 Å². The van der Waals surface area contributed by atoms with Crippen LogP contribution < -0.4 is 16.4 Å². The van der Waals surface area contributed by atoms with Crippen LogP contribution in [-0.2, 0) is 4.79 Å². The number of nitrogens with two attached hydrogens (primary N) is 1. The lowest BCUT2D eigenvalue weighted by Gasteiger charge is -2.10. The summed E-state index contributed by atoms with van der Waals surface area (Å²) in [6.45, 7) is 1.21. The molecule has 3 aromatic rings. The van der Waals surface area contributed by atoms with Crippen molar-refractivity contribution in [2.75, 3.05) is 24.1 Å². The number of rotatable bonds is 6. The van der Waals surface area contributed by atoms with Gasteiger partial charge in [-0.15, -0.1) is 0 Å². The SMILES string of the molecule is Nc1ccc(/C=C/C(=O)NCCNc2cccc3ccccc23)cc1. The van der Waals surface area contributed by atoms with Gasteiger partial charge in [0.05, 0.1) is 0 Å². The van der Waals surface area contributed by atoms with Crippen LogP contribution in [0.25, 0.3) is 16.8 Å². The molecule has 1 amide bonds. The number of benzene rings is 3. The Morgan fingerprint density at radius 3 is 2.52 bits per heavy atom. The van der Waals surface area contributed by atoms with Crippen LogP contribution in [0.3, 0.4) is 0 Å². The third-order valence-corrected chi connectivity index (χ3v) is 3.89. The standard InChI is InChI=1S/C21H21N3O/c22-18-11-8-16(9-12-18)10-13-21(25)24-15-14-23-20-7-3-5-17-4-1-2-6-19(17)20/h1-13,23H,14-15,22H2,(H,24,25)/b13-10+. The van der Waals surface area contributed by atoms with E-state index in [9.17, 15) is 4.79 Å². The van der Waals surface area contributed by atoms with Gasteiger partial charge in [-0.05, 0) is 35.2 Å². The third-order valence-electron chi connectivity index (χ3n) is 3.89. The zero-order chi connectivity index (χ0) is 17.5. The minimum atomic E-state index is -0.114. The van der Waals surface area contributed by atoms with Crippen molar-refractivity contribution in [3.8, 4) is 0 Å². The Morgan fingerprint density at radius 2 is 1.68 bits per heavy atom. The maximum absolute atomic E-state index is 11.9. The Morgan fingerprint density at radius 1 is 0.920 bits per heavy atom. The van der Waals surface area contributed by atoms with Gasteiger partial charge >= 0.3 is 0 Å². The Kier molecular flexibility index (Phi) is 5.32. The summed E-state index contributed by atoms with van der Waals surface area (Å²) in [5, 5.41) is 8.62. The maximum Gasteiger partial charge on any atom is 0.244 e. The van der Waals surface area contributed by atoms with Crippen LogP contribution in [0.15, 0.2) is 72.8 Å². The van der Waals surface area contributed by atoms with Gasteiger partial charge in [0, 0.05) is 35.9 Å². The molecule has 0 aromatic heterocycles. The Labute approximate surface area is 147 Å². The van der Waals surface area contributed by atoms with Gasteiger partial charge in [0.1, 0.15) is 0 Å². The second kappa shape index (κ2) is 8.02. The normalized spacial score (nSPS) is 10.9. The van der Waals surface area contributed by atoms with Gasteiger partial charge in [-0.25, -0.2) is 0 Å². The molecule has 0 radical (unpaired) electrons. The fourth-order valence-corrected chi connectivity index (χ4v) is 2.60. The summed E-state index contributed by atoms with van der Waals surface area (Å²) >= 11 is 0. The summed E-state index contributed by atoms with van der Waals surface area (Å²) in [4.78, 5) is 11.9. The highest BCUT2D eigenvalue weighted by molar-refractivity contribution is 5.94. The number of nitrogens with one attached hydrogen (secondary N) is 2. The van der Waals surface area contributed by atoms with E-state index in [0.717, 1.165) is 11.3 Å². The first-order valence-electron chi connectivity index (χ1n) is 8.25. The Bertz CT molecular complexity index is 880. The number of carbonyl (C=O) groups excluding carboxylic acids is 1. The van der Waals surface area contributed by atoms with E-state index in [1.807, 2.05) is 48.5 Å². The molecule has 0 atom stereocenters. The summed E-state index contributed by atoms with van der Waals surface area (Å²) in [5.41, 5.74) is 8.36. The van der Waals surface area contributed by atoms with Gasteiger partial charge in [-0.2, -0.15) is 0 Å². The second-order valence-corrected chi connectivity index (χ2v) is 5.74. The van der Waals surface area contributed by atoms with Crippen molar-refractivity contribution >= 4 is 34.1 Å². The first-order valence-corrected chi connectivity index (χ1v) is 8.25. The van der Waals surface area contributed by atoms with Gasteiger partial charge in [-0.3, -0.25) is 4.79 Å². The minimum absolute atomic E-state index is 0.114. The van der Waals surface area contributed by atoms with Crippen molar-refractivity contribution in [1.29, 1.82) is 0 Å². The number of nitrogen functional groups attached to an aromatic ring is 1. The summed E-state index contributed by atoms with van der Waals surface area (Å²) in [7, 11) is 0. The molecule has 0 heterocycles. The molecule has 0 aliphatic rings. The quantitative estimate of drug-likeness (QED) is 0.367. The van der Waals surface area contributed by atoms with Crippen molar-refractivity contribution in [3.63, 3.8) is 0 Å². The van der Waals surface area contributed by atoms with Crippen LogP contribution in [0.1, 0.15) is 5.56 Å². The number of anilines is 2. The van der Waals surface area contributed by atoms with Crippen LogP contribution in [0, 0.1) is 0 Å². The number of hydrogen-bond acceptors (Lipinski definition) is 3. The van der Waals surface area contributed by atoms with Crippen molar-refractivity contribution in [2.24, 2.45) is 0 Å². The molecule has 4 nitrogen and oxygen atoms in total. The van der Waals surface area contributed by atoms with Crippen molar-refractivity contribution in [1.82, 2.24) is 5.32 Å². The fraction of sp³-hybridized carbons (Fsp3) is 0.0952. The van der Waals surface area contributed by atoms with Gasteiger partial charge < -0.3 is 16.4 Å². The van der Waals surface area contributed by atoms with E-state index in [0.29, 0.717) is 18.8 Å². The van der Waals surface area contributed by atoms with E-state index < -0.39 is 0 Å². The van der Waals surface area contributed by atoms with Gasteiger partial charge in [0.15, 0.2) is 0 Å². The van der Waals surface area contributed by atoms with Crippen molar-refractivity contribution in [2.45, 2.75) is 0 Å². The van der Waals surface area contributed by atoms with Crippen LogP contribution in [-0.4, -0.2) is 19.0 Å². The summed E-state index contributed by atoms with van der Waals surface area (Å²) < 4.78 is 0. The molecule has 3 aromatic carbocycles. The molecule has 4 heteroatoms. The van der Waals surface area contributed by atoms with E-state index in [2.05, 4.69) is 28.8 Å². The summed E-state index contributed by atoms with van der Waals surface area (Å²) in [5.74, 6) is -0.114. The number of fused-ring (bicyclic) bond motifs is 1. The van der Waals surface area contributed by atoms with E-state index in [4.69, 9.17) is 5.73 Å². The molecule has 0 unspecified atom stereocenters. The molecule has 0 aliphatic carbocycles. The van der Waals surface area contributed by atoms with Gasteiger partial charge in [-0.1, -0.05) is 48.5 Å². The molecule has 0 bridgehead atoms. The van der Waals surface area contributed by atoms with E-state index in [1.54, 1.807) is 6.08 Å². The first kappa shape index (κ1) is 16.6. The predicted octanol–water partition coefficient (Wildman–Crippen LogP) is 3.66. The lowest BCUT2D eigenvalue weighted by molar-refractivity contribution is -0.116. The lowest BCUT2D eigenvalue weighted by Crippen LogP contribution is -2.27. The molecule has 0 aliphatic heterocycles. The van der Waals surface area contributed by atoms with Crippen molar-refractivity contribution in [3.05, 3.63) is 78.4 Å². The van der Waals surface area contributed by atoms with E-state index in [1.165, 1.54) is 16.8 Å². The van der Waals surface area contributed by atoms with Crippen LogP contribution >= 0.6 is 0 Å². The molecule has 0 spiro atoms. The van der Waals surface area contributed by atoms with Crippen molar-refractivity contribution < 1.29 is 4.79 Å². The summed E-state index contributed by atoms with van der Waals surface area (Å²) in [6, 6.07) is 21.8. The fourth-order valence-electron chi connectivity index (χ4n) is 2.60. The van der Waals surface area contributed by atoms with Crippen LogP contribution in [0.5, 0.6) is 0 Å². The topological polar surface area (TPSA) is 67.2 Å². The predicted molar refractivity (Wildman–Crippen MR) is 105 cm³/mol. The molecular weight excluding hydrogens is 310 g/mol. The number of amides is 1. The zero-order valence-corrected chi connectivity index (χ0v) is 13.9. The Hall–Kier alpha value is -3.27. The highest BCUT2D eigenvalue weighted by atomic mass is 16.1. The average molecular weight is 331 g/mol. The highest BCUT2D eigenvalue weighted by Gasteiger charge is 2.00.